The smallest absolute Gasteiger partial charge is 0.152 e. The van der Waals surface area contributed by atoms with Crippen molar-refractivity contribution >= 4 is 83.0 Å². The van der Waals surface area contributed by atoms with E-state index < -0.39 is 8.07 Å². The third kappa shape index (κ3) is 3.82. The minimum absolute atomic E-state index is 1.19. The molecule has 3 heterocycles. The topological polar surface area (TPSA) is 3.24 Å². The Hall–Kier alpha value is -5.74. The molecule has 0 saturated carbocycles. The summed E-state index contributed by atoms with van der Waals surface area (Å²) in [4.78, 5) is 2.55. The Bertz CT molecular complexity index is 2830. The van der Waals surface area contributed by atoms with Gasteiger partial charge in [-0.3, -0.25) is 0 Å². The van der Waals surface area contributed by atoms with Crippen molar-refractivity contribution in [3.05, 3.63) is 170 Å². The van der Waals surface area contributed by atoms with Crippen molar-refractivity contribution in [1.29, 1.82) is 0 Å². The molecule has 0 saturated heterocycles. The van der Waals surface area contributed by atoms with Crippen LogP contribution in [0.4, 0.5) is 17.1 Å². The lowest BCUT2D eigenvalue weighted by molar-refractivity contribution is 1.29. The maximum Gasteiger partial charge on any atom is 0.152 e. The highest BCUT2D eigenvalue weighted by Crippen LogP contribution is 2.48. The molecular weight excluding hydrogens is 639 g/mol. The van der Waals surface area contributed by atoms with E-state index in [1.54, 1.807) is 0 Å². The van der Waals surface area contributed by atoms with Crippen LogP contribution >= 0.6 is 11.3 Å². The quantitative estimate of drug-likeness (QED) is 0.169. The van der Waals surface area contributed by atoms with Crippen molar-refractivity contribution in [3.63, 3.8) is 0 Å². The summed E-state index contributed by atoms with van der Waals surface area (Å²) < 4.78 is 2.74. The highest BCUT2D eigenvalue weighted by Gasteiger charge is 2.50. The number of nitrogens with zero attached hydrogens (tertiary/aromatic N) is 1. The van der Waals surface area contributed by atoms with Gasteiger partial charge in [-0.25, -0.2) is 0 Å². The van der Waals surface area contributed by atoms with Gasteiger partial charge in [0, 0.05) is 37.2 Å². The molecule has 50 heavy (non-hydrogen) atoms. The molecule has 1 nitrogen and oxygen atoms in total. The first kappa shape index (κ1) is 28.1. The predicted molar refractivity (Wildman–Crippen MR) is 218 cm³/mol. The molecule has 0 amide bonds. The van der Waals surface area contributed by atoms with Gasteiger partial charge in [0.1, 0.15) is 0 Å². The maximum absolute atomic E-state index is 2.60. The first-order valence-electron chi connectivity index (χ1n) is 17.3. The molecule has 3 heteroatoms. The SMILES string of the molecule is C[Si]12c3ccc(-c4ccccc4)cc3N(c3ccc(-c4ccc5ccccc5c4)cc3)c3cccc(c31)-c1c2ccc2sc3ccccc3c12. The Morgan fingerprint density at radius 3 is 2.06 bits per heavy atom. The Morgan fingerprint density at radius 1 is 0.480 bits per heavy atom. The van der Waals surface area contributed by atoms with E-state index in [0.29, 0.717) is 0 Å². The van der Waals surface area contributed by atoms with Crippen molar-refractivity contribution in [2.24, 2.45) is 0 Å². The van der Waals surface area contributed by atoms with E-state index in [0.717, 1.165) is 0 Å². The number of anilines is 3. The van der Waals surface area contributed by atoms with Crippen LogP contribution in [0.3, 0.4) is 0 Å². The highest BCUT2D eigenvalue weighted by atomic mass is 32.1. The fourth-order valence-electron chi connectivity index (χ4n) is 8.92. The van der Waals surface area contributed by atoms with Crippen LogP contribution in [0.5, 0.6) is 0 Å². The number of benzene rings is 8. The van der Waals surface area contributed by atoms with Crippen LogP contribution in [0.25, 0.3) is 64.3 Å². The number of fused-ring (bicyclic) bond motifs is 10. The Morgan fingerprint density at radius 2 is 1.18 bits per heavy atom. The van der Waals surface area contributed by atoms with Crippen molar-refractivity contribution in [3.8, 4) is 33.4 Å². The van der Waals surface area contributed by atoms with Crippen LogP contribution in [0, 0.1) is 0 Å². The van der Waals surface area contributed by atoms with Gasteiger partial charge in [0.2, 0.25) is 0 Å². The summed E-state index contributed by atoms with van der Waals surface area (Å²) in [5, 5.41) is 9.89. The van der Waals surface area contributed by atoms with Crippen molar-refractivity contribution in [1.82, 2.24) is 0 Å². The molecule has 2 aliphatic heterocycles. The van der Waals surface area contributed by atoms with Gasteiger partial charge < -0.3 is 4.90 Å². The molecular formula is C47H31NSSi. The molecule has 8 aromatic carbocycles. The number of thiophene rings is 1. The highest BCUT2D eigenvalue weighted by molar-refractivity contribution is 7.26. The average Bonchev–Trinajstić information content (AvgIpc) is 3.69. The van der Waals surface area contributed by atoms with Gasteiger partial charge in [-0.15, -0.1) is 11.3 Å². The minimum atomic E-state index is -2.38. The molecule has 1 atom stereocenters. The average molecular weight is 670 g/mol. The van der Waals surface area contributed by atoms with E-state index in [2.05, 4.69) is 181 Å². The monoisotopic (exact) mass is 669 g/mol. The molecule has 234 valence electrons. The lowest BCUT2D eigenvalue weighted by Crippen LogP contribution is -2.66. The third-order valence-electron chi connectivity index (χ3n) is 11.2. The molecule has 0 spiro atoms. The first-order valence-corrected chi connectivity index (χ1v) is 20.7. The summed E-state index contributed by atoms with van der Waals surface area (Å²) in [6.07, 6.45) is 0. The van der Waals surface area contributed by atoms with E-state index >= 15 is 0 Å². The van der Waals surface area contributed by atoms with Gasteiger partial charge in [0.25, 0.3) is 0 Å². The van der Waals surface area contributed by atoms with Crippen LogP contribution in [0.1, 0.15) is 0 Å². The van der Waals surface area contributed by atoms with Gasteiger partial charge in [-0.05, 0) is 102 Å². The molecule has 0 radical (unpaired) electrons. The zero-order valence-corrected chi connectivity index (χ0v) is 29.3. The van der Waals surface area contributed by atoms with E-state index in [1.807, 2.05) is 11.3 Å². The molecule has 1 aromatic heterocycles. The molecule has 0 aliphatic carbocycles. The van der Waals surface area contributed by atoms with Crippen molar-refractivity contribution in [2.75, 3.05) is 4.90 Å². The van der Waals surface area contributed by atoms with Gasteiger partial charge in [-0.2, -0.15) is 0 Å². The van der Waals surface area contributed by atoms with Crippen LogP contribution in [-0.4, -0.2) is 8.07 Å². The number of hydrogen-bond donors (Lipinski definition) is 0. The molecule has 1 unspecified atom stereocenters. The van der Waals surface area contributed by atoms with Crippen LogP contribution in [-0.2, 0) is 0 Å². The minimum Gasteiger partial charge on any atom is -0.311 e. The van der Waals surface area contributed by atoms with Crippen LogP contribution in [0.15, 0.2) is 170 Å². The maximum atomic E-state index is 2.60. The second kappa shape index (κ2) is 10.4. The molecule has 11 rings (SSSR count). The predicted octanol–water partition coefficient (Wildman–Crippen LogP) is 11.4. The first-order chi connectivity index (χ1) is 24.7. The zero-order chi connectivity index (χ0) is 33.0. The summed E-state index contributed by atoms with van der Waals surface area (Å²) in [5.74, 6) is 0. The molecule has 2 aliphatic rings. The van der Waals surface area contributed by atoms with Crippen LogP contribution < -0.4 is 20.5 Å². The van der Waals surface area contributed by atoms with Crippen molar-refractivity contribution < 1.29 is 0 Å². The second-order valence-corrected chi connectivity index (χ2v) is 18.7. The fourth-order valence-corrected chi connectivity index (χ4v) is 14.6. The zero-order valence-electron chi connectivity index (χ0n) is 27.5. The van der Waals surface area contributed by atoms with Gasteiger partial charge in [0.15, 0.2) is 8.07 Å². The Labute approximate surface area is 296 Å². The number of rotatable bonds is 3. The molecule has 9 aromatic rings. The number of hydrogen-bond acceptors (Lipinski definition) is 2. The normalized spacial score (nSPS) is 15.7. The van der Waals surface area contributed by atoms with Crippen molar-refractivity contribution in [2.45, 2.75) is 6.55 Å². The largest absolute Gasteiger partial charge is 0.311 e. The van der Waals surface area contributed by atoms with Crippen LogP contribution in [0.2, 0.25) is 6.55 Å². The van der Waals surface area contributed by atoms with Gasteiger partial charge in [0.05, 0.1) is 0 Å². The lowest BCUT2D eigenvalue weighted by Gasteiger charge is -2.41. The standard InChI is InChI=1S/C47H31NSSi/c1-50-43-26-22-35(30-10-3-2-4-11-30)29-40(43)48(36-23-20-32(21-24-36)34-19-18-31-12-5-6-13-33(31)28-34)39-16-9-15-38(47(39)50)46-44(50)27-25-42-45(46)37-14-7-8-17-41(37)49-42/h2-29H,1H3. The van der Waals surface area contributed by atoms with E-state index in [1.165, 1.54) is 96.9 Å². The molecule has 0 N–H and O–H groups in total. The Kier molecular flexibility index (Phi) is 5.84. The fraction of sp³-hybridized carbons (Fsp3) is 0.0213. The second-order valence-electron chi connectivity index (χ2n) is 13.8. The van der Waals surface area contributed by atoms with E-state index in [4.69, 9.17) is 0 Å². The van der Waals surface area contributed by atoms with Gasteiger partial charge >= 0.3 is 0 Å². The summed E-state index contributed by atoms with van der Waals surface area (Å²) in [5.41, 5.74) is 11.6. The summed E-state index contributed by atoms with van der Waals surface area (Å²) in [7, 11) is -2.38. The summed E-state index contributed by atoms with van der Waals surface area (Å²) in [6, 6.07) is 63.6. The lowest BCUT2D eigenvalue weighted by atomic mass is 9.98. The van der Waals surface area contributed by atoms with E-state index in [-0.39, 0.29) is 0 Å². The van der Waals surface area contributed by atoms with E-state index in [9.17, 15) is 0 Å². The summed E-state index contributed by atoms with van der Waals surface area (Å²) >= 11 is 1.92. The third-order valence-corrected chi connectivity index (χ3v) is 16.9. The molecule has 0 bridgehead atoms. The summed E-state index contributed by atoms with van der Waals surface area (Å²) in [6.45, 7) is 2.60. The Balaban J connectivity index is 1.16. The van der Waals surface area contributed by atoms with Gasteiger partial charge in [-0.1, -0.05) is 134 Å². The molecule has 0 fully saturated rings.